The molecule has 0 spiro atoms. The standard InChI is InChI=1S/C13H9IN2OS/c1-8-2-3-11(9(14)6-8)17-13-12-10(4-5-18-12)15-7-16-13/h2-7H,1H3. The SMILES string of the molecule is Cc1ccc(Oc2ncnc3ccsc23)c(I)c1. The van der Waals surface area contributed by atoms with Crippen LogP contribution < -0.4 is 4.74 Å². The zero-order valence-corrected chi connectivity index (χ0v) is 12.5. The number of thiophene rings is 1. The minimum Gasteiger partial charge on any atom is -0.436 e. The molecular weight excluding hydrogens is 359 g/mol. The molecule has 0 amide bonds. The van der Waals surface area contributed by atoms with E-state index in [-0.39, 0.29) is 0 Å². The summed E-state index contributed by atoms with van der Waals surface area (Å²) >= 11 is 3.86. The van der Waals surface area contributed by atoms with Crippen LogP contribution in [0.2, 0.25) is 0 Å². The van der Waals surface area contributed by atoms with E-state index in [1.165, 1.54) is 11.9 Å². The molecule has 2 heterocycles. The van der Waals surface area contributed by atoms with Gasteiger partial charge in [-0.25, -0.2) is 9.97 Å². The largest absolute Gasteiger partial charge is 0.436 e. The third-order valence-corrected chi connectivity index (χ3v) is 4.24. The molecule has 18 heavy (non-hydrogen) atoms. The van der Waals surface area contributed by atoms with Gasteiger partial charge in [-0.2, -0.15) is 0 Å². The van der Waals surface area contributed by atoms with Gasteiger partial charge < -0.3 is 4.74 Å². The van der Waals surface area contributed by atoms with Gasteiger partial charge in [0.15, 0.2) is 0 Å². The lowest BCUT2D eigenvalue weighted by Crippen LogP contribution is -1.91. The molecule has 0 aliphatic heterocycles. The minimum absolute atomic E-state index is 0.622. The number of halogens is 1. The van der Waals surface area contributed by atoms with Gasteiger partial charge in [0, 0.05) is 0 Å². The van der Waals surface area contributed by atoms with Gasteiger partial charge in [-0.05, 0) is 58.7 Å². The van der Waals surface area contributed by atoms with Crippen LogP contribution in [0, 0.1) is 10.5 Å². The number of benzene rings is 1. The van der Waals surface area contributed by atoms with Crippen molar-refractivity contribution in [2.75, 3.05) is 0 Å². The monoisotopic (exact) mass is 368 g/mol. The quantitative estimate of drug-likeness (QED) is 0.629. The van der Waals surface area contributed by atoms with Crippen LogP contribution in [0.3, 0.4) is 0 Å². The second-order valence-corrected chi connectivity index (χ2v) is 5.93. The summed E-state index contributed by atoms with van der Waals surface area (Å²) in [6.45, 7) is 2.06. The maximum absolute atomic E-state index is 5.89. The van der Waals surface area contributed by atoms with Crippen LogP contribution >= 0.6 is 33.9 Å². The van der Waals surface area contributed by atoms with E-state index in [9.17, 15) is 0 Å². The molecule has 0 bridgehead atoms. The average Bonchev–Trinajstić information content (AvgIpc) is 2.82. The minimum atomic E-state index is 0.622. The predicted molar refractivity (Wildman–Crippen MR) is 81.4 cm³/mol. The first-order valence-electron chi connectivity index (χ1n) is 5.36. The summed E-state index contributed by atoms with van der Waals surface area (Å²) < 4.78 is 7.95. The highest BCUT2D eigenvalue weighted by atomic mass is 127. The van der Waals surface area contributed by atoms with Crippen LogP contribution in [-0.2, 0) is 0 Å². The van der Waals surface area contributed by atoms with Gasteiger partial charge in [0.2, 0.25) is 5.88 Å². The maximum atomic E-state index is 5.89. The van der Waals surface area contributed by atoms with E-state index in [1.807, 2.05) is 23.6 Å². The van der Waals surface area contributed by atoms with E-state index >= 15 is 0 Å². The molecular formula is C13H9IN2OS. The highest BCUT2D eigenvalue weighted by Crippen LogP contribution is 2.32. The molecule has 5 heteroatoms. The van der Waals surface area contributed by atoms with E-state index in [0.717, 1.165) is 19.5 Å². The smallest absolute Gasteiger partial charge is 0.240 e. The van der Waals surface area contributed by atoms with Gasteiger partial charge in [0.25, 0.3) is 0 Å². The summed E-state index contributed by atoms with van der Waals surface area (Å²) in [7, 11) is 0. The Hall–Kier alpha value is -1.21. The second kappa shape index (κ2) is 4.81. The molecule has 1 aromatic carbocycles. The zero-order chi connectivity index (χ0) is 12.5. The van der Waals surface area contributed by atoms with E-state index in [2.05, 4.69) is 45.5 Å². The lowest BCUT2D eigenvalue weighted by Gasteiger charge is -2.07. The molecule has 0 radical (unpaired) electrons. The first-order chi connectivity index (χ1) is 8.74. The molecule has 2 aromatic heterocycles. The summed E-state index contributed by atoms with van der Waals surface area (Å²) in [6, 6.07) is 8.06. The van der Waals surface area contributed by atoms with Crippen LogP contribution in [0.25, 0.3) is 10.2 Å². The topological polar surface area (TPSA) is 35.0 Å². The number of nitrogens with zero attached hydrogens (tertiary/aromatic N) is 2. The van der Waals surface area contributed by atoms with Crippen LogP contribution in [-0.4, -0.2) is 9.97 Å². The lowest BCUT2D eigenvalue weighted by molar-refractivity contribution is 0.465. The number of aryl methyl sites for hydroxylation is 1. The normalized spacial score (nSPS) is 10.8. The first-order valence-corrected chi connectivity index (χ1v) is 7.32. The highest BCUT2D eigenvalue weighted by Gasteiger charge is 2.09. The van der Waals surface area contributed by atoms with Crippen molar-refractivity contribution in [2.24, 2.45) is 0 Å². The van der Waals surface area contributed by atoms with Crippen LogP contribution in [0.4, 0.5) is 0 Å². The van der Waals surface area contributed by atoms with Crippen molar-refractivity contribution in [3.8, 4) is 11.6 Å². The number of ether oxygens (including phenoxy) is 1. The van der Waals surface area contributed by atoms with E-state index in [1.54, 1.807) is 11.3 Å². The maximum Gasteiger partial charge on any atom is 0.240 e. The van der Waals surface area contributed by atoms with Crippen molar-refractivity contribution >= 4 is 44.1 Å². The zero-order valence-electron chi connectivity index (χ0n) is 9.55. The van der Waals surface area contributed by atoms with Crippen molar-refractivity contribution in [1.29, 1.82) is 0 Å². The Morgan fingerprint density at radius 1 is 1.22 bits per heavy atom. The number of hydrogen-bond acceptors (Lipinski definition) is 4. The Labute approximate surface area is 122 Å². The first kappa shape index (κ1) is 11.9. The fraction of sp³-hybridized carbons (Fsp3) is 0.0769. The second-order valence-electron chi connectivity index (χ2n) is 3.85. The Morgan fingerprint density at radius 3 is 2.94 bits per heavy atom. The highest BCUT2D eigenvalue weighted by molar-refractivity contribution is 14.1. The Morgan fingerprint density at radius 2 is 2.11 bits per heavy atom. The van der Waals surface area contributed by atoms with Crippen molar-refractivity contribution in [3.63, 3.8) is 0 Å². The number of hydrogen-bond donors (Lipinski definition) is 0. The molecule has 0 saturated carbocycles. The van der Waals surface area contributed by atoms with Crippen molar-refractivity contribution in [1.82, 2.24) is 9.97 Å². The van der Waals surface area contributed by atoms with Gasteiger partial charge in [-0.3, -0.25) is 0 Å². The molecule has 0 N–H and O–H groups in total. The predicted octanol–water partition coefficient (Wildman–Crippen LogP) is 4.40. The molecule has 3 rings (SSSR count). The Balaban J connectivity index is 2.03. The third-order valence-electron chi connectivity index (χ3n) is 2.50. The molecule has 0 aliphatic rings. The molecule has 0 fully saturated rings. The van der Waals surface area contributed by atoms with Crippen LogP contribution in [0.5, 0.6) is 11.6 Å². The molecule has 0 unspecified atom stereocenters. The van der Waals surface area contributed by atoms with Gasteiger partial charge in [0.1, 0.15) is 16.8 Å². The fourth-order valence-electron chi connectivity index (χ4n) is 1.63. The summed E-state index contributed by atoms with van der Waals surface area (Å²) in [5, 5.41) is 1.99. The van der Waals surface area contributed by atoms with Gasteiger partial charge in [-0.15, -0.1) is 11.3 Å². The summed E-state index contributed by atoms with van der Waals surface area (Å²) in [6.07, 6.45) is 1.53. The molecule has 0 saturated heterocycles. The Bertz CT molecular complexity index is 711. The Kier molecular flexibility index (Phi) is 3.17. The molecule has 3 aromatic rings. The fourth-order valence-corrected chi connectivity index (χ4v) is 3.18. The molecule has 0 atom stereocenters. The van der Waals surface area contributed by atoms with E-state index in [4.69, 9.17) is 4.74 Å². The summed E-state index contributed by atoms with van der Waals surface area (Å²) in [5.74, 6) is 1.45. The van der Waals surface area contributed by atoms with Crippen molar-refractivity contribution in [3.05, 3.63) is 45.1 Å². The number of fused-ring (bicyclic) bond motifs is 1. The number of rotatable bonds is 2. The lowest BCUT2D eigenvalue weighted by atomic mass is 10.2. The number of aromatic nitrogens is 2. The van der Waals surface area contributed by atoms with E-state index < -0.39 is 0 Å². The molecule has 90 valence electrons. The van der Waals surface area contributed by atoms with Gasteiger partial charge >= 0.3 is 0 Å². The van der Waals surface area contributed by atoms with Gasteiger partial charge in [0.05, 0.1) is 9.09 Å². The molecule has 0 aliphatic carbocycles. The van der Waals surface area contributed by atoms with Crippen molar-refractivity contribution in [2.45, 2.75) is 6.92 Å². The third kappa shape index (κ3) is 2.20. The summed E-state index contributed by atoms with van der Waals surface area (Å²) in [5.41, 5.74) is 2.14. The molecule has 3 nitrogen and oxygen atoms in total. The van der Waals surface area contributed by atoms with Crippen LogP contribution in [0.1, 0.15) is 5.56 Å². The average molecular weight is 368 g/mol. The van der Waals surface area contributed by atoms with Crippen LogP contribution in [0.15, 0.2) is 36.0 Å². The van der Waals surface area contributed by atoms with Crippen molar-refractivity contribution < 1.29 is 4.74 Å². The summed E-state index contributed by atoms with van der Waals surface area (Å²) in [4.78, 5) is 8.41. The van der Waals surface area contributed by atoms with Gasteiger partial charge in [-0.1, -0.05) is 6.07 Å². The van der Waals surface area contributed by atoms with E-state index in [0.29, 0.717) is 5.88 Å².